The summed E-state index contributed by atoms with van der Waals surface area (Å²) in [7, 11) is -4.64. The Hall–Kier alpha value is -1.60. The van der Waals surface area contributed by atoms with E-state index in [0.29, 0.717) is 11.6 Å². The smallest absolute Gasteiger partial charge is 0.420 e. The Morgan fingerprint density at radius 3 is 2.21 bits per heavy atom. The fourth-order valence-corrected chi connectivity index (χ4v) is 1.34. The second-order valence-electron chi connectivity index (χ2n) is 3.53. The third kappa shape index (κ3) is 4.88. The lowest BCUT2D eigenvalue weighted by atomic mass is 10.1. The lowest BCUT2D eigenvalue weighted by Gasteiger charge is -2.00. The van der Waals surface area contributed by atoms with Crippen molar-refractivity contribution in [3.8, 4) is 0 Å². The molecule has 1 aromatic carbocycles. The van der Waals surface area contributed by atoms with E-state index in [-0.39, 0.29) is 11.0 Å². The molecule has 0 fully saturated rings. The number of phosphoric acid groups is 1. The molecular formula is C10H9F2O6P. The molecule has 0 bridgehead atoms. The van der Waals surface area contributed by atoms with Gasteiger partial charge in [-0.2, -0.15) is 0 Å². The molecule has 0 saturated heterocycles. The molecule has 104 valence electrons. The number of rotatable bonds is 0. The molecule has 0 amide bonds. The highest BCUT2D eigenvalue weighted by molar-refractivity contribution is 7.45. The molecule has 0 aliphatic carbocycles. The summed E-state index contributed by atoms with van der Waals surface area (Å²) in [5.41, 5.74) is -0.341. The molecule has 1 aromatic heterocycles. The number of benzene rings is 1. The maximum atomic E-state index is 13.1. The lowest BCUT2D eigenvalue weighted by molar-refractivity contribution is 0.275. The van der Waals surface area contributed by atoms with E-state index < -0.39 is 25.1 Å². The van der Waals surface area contributed by atoms with Gasteiger partial charge in [-0.3, -0.25) is 0 Å². The summed E-state index contributed by atoms with van der Waals surface area (Å²) in [6, 6.07) is 3.02. The van der Waals surface area contributed by atoms with Crippen LogP contribution in [0, 0.1) is 18.6 Å². The molecule has 3 N–H and O–H groups in total. The van der Waals surface area contributed by atoms with Gasteiger partial charge < -0.3 is 19.1 Å². The van der Waals surface area contributed by atoms with Crippen molar-refractivity contribution in [1.29, 1.82) is 0 Å². The Morgan fingerprint density at radius 2 is 1.68 bits per heavy atom. The molecule has 1 heterocycles. The van der Waals surface area contributed by atoms with Crippen LogP contribution < -0.4 is 5.63 Å². The molecule has 0 unspecified atom stereocenters. The molecule has 2 aromatic rings. The van der Waals surface area contributed by atoms with Gasteiger partial charge in [-0.25, -0.2) is 18.1 Å². The molecule has 0 aliphatic heterocycles. The van der Waals surface area contributed by atoms with Crippen molar-refractivity contribution in [2.24, 2.45) is 0 Å². The van der Waals surface area contributed by atoms with Crippen LogP contribution in [-0.4, -0.2) is 14.7 Å². The second-order valence-corrected chi connectivity index (χ2v) is 4.55. The van der Waals surface area contributed by atoms with Crippen LogP contribution in [0.3, 0.4) is 0 Å². The molecule has 0 atom stereocenters. The van der Waals surface area contributed by atoms with Crippen molar-refractivity contribution < 1.29 is 32.4 Å². The van der Waals surface area contributed by atoms with E-state index in [0.717, 1.165) is 6.07 Å². The molecule has 0 radical (unpaired) electrons. The molecule has 9 heteroatoms. The first-order valence-electron chi connectivity index (χ1n) is 4.75. The molecule has 0 saturated carbocycles. The zero-order chi connectivity index (χ0) is 14.8. The van der Waals surface area contributed by atoms with E-state index in [9.17, 15) is 13.6 Å². The maximum Gasteiger partial charge on any atom is 0.466 e. The van der Waals surface area contributed by atoms with Gasteiger partial charge >= 0.3 is 13.4 Å². The number of fused-ring (bicyclic) bond motifs is 1. The molecule has 0 aliphatic rings. The zero-order valence-electron chi connectivity index (χ0n) is 9.50. The summed E-state index contributed by atoms with van der Waals surface area (Å²) >= 11 is 0. The summed E-state index contributed by atoms with van der Waals surface area (Å²) in [6.07, 6.45) is 0. The van der Waals surface area contributed by atoms with Gasteiger partial charge in [-0.05, 0) is 18.6 Å². The highest BCUT2D eigenvalue weighted by Crippen LogP contribution is 2.25. The minimum absolute atomic E-state index is 0.198. The van der Waals surface area contributed by atoms with Crippen LogP contribution in [0.5, 0.6) is 0 Å². The Morgan fingerprint density at radius 1 is 1.16 bits per heavy atom. The Kier molecular flexibility index (Phi) is 4.54. The standard InChI is InChI=1S/C10H6F2O2.H3O4P/c1-5-2-9(13)14-10-7(5)3-6(11)4-8(10)12;1-5(2,3)4/h2-4H,1H3;(H3,1,2,3,4). The number of hydrogen-bond donors (Lipinski definition) is 3. The van der Waals surface area contributed by atoms with Crippen molar-refractivity contribution in [2.45, 2.75) is 6.92 Å². The quantitative estimate of drug-likeness (QED) is 0.501. The molecule has 2 rings (SSSR count). The van der Waals surface area contributed by atoms with Gasteiger partial charge in [0.1, 0.15) is 5.82 Å². The first kappa shape index (κ1) is 15.5. The monoisotopic (exact) mass is 294 g/mol. The minimum atomic E-state index is -4.64. The summed E-state index contributed by atoms with van der Waals surface area (Å²) in [5, 5.41) is 0.280. The Labute approximate surface area is 105 Å². The van der Waals surface area contributed by atoms with E-state index in [1.54, 1.807) is 6.92 Å². The van der Waals surface area contributed by atoms with Crippen LogP contribution >= 0.6 is 7.82 Å². The lowest BCUT2D eigenvalue weighted by Crippen LogP contribution is -1.99. The summed E-state index contributed by atoms with van der Waals surface area (Å²) < 4.78 is 39.5. The zero-order valence-corrected chi connectivity index (χ0v) is 10.4. The van der Waals surface area contributed by atoms with Gasteiger partial charge in [0.2, 0.25) is 0 Å². The van der Waals surface area contributed by atoms with Crippen molar-refractivity contribution in [1.82, 2.24) is 0 Å². The van der Waals surface area contributed by atoms with Gasteiger partial charge in [0.25, 0.3) is 0 Å². The van der Waals surface area contributed by atoms with Crippen LogP contribution in [0.4, 0.5) is 8.78 Å². The summed E-state index contributed by atoms with van der Waals surface area (Å²) in [5.74, 6) is -1.55. The van der Waals surface area contributed by atoms with Crippen LogP contribution in [0.2, 0.25) is 0 Å². The third-order valence-electron chi connectivity index (χ3n) is 1.97. The highest BCUT2D eigenvalue weighted by atomic mass is 31.2. The first-order chi connectivity index (χ1) is 8.58. The Balaban J connectivity index is 0.000000312. The average molecular weight is 294 g/mol. The van der Waals surface area contributed by atoms with Crippen molar-refractivity contribution in [2.75, 3.05) is 0 Å². The molecule has 0 spiro atoms. The van der Waals surface area contributed by atoms with E-state index >= 15 is 0 Å². The maximum absolute atomic E-state index is 13.1. The van der Waals surface area contributed by atoms with E-state index in [1.807, 2.05) is 0 Å². The van der Waals surface area contributed by atoms with Crippen molar-refractivity contribution in [3.63, 3.8) is 0 Å². The second kappa shape index (κ2) is 5.58. The fraction of sp³-hybridized carbons (Fsp3) is 0.100. The molecule has 19 heavy (non-hydrogen) atoms. The van der Waals surface area contributed by atoms with Crippen LogP contribution in [0.15, 0.2) is 27.4 Å². The largest absolute Gasteiger partial charge is 0.466 e. The number of halogens is 2. The van der Waals surface area contributed by atoms with E-state index in [2.05, 4.69) is 4.42 Å². The predicted molar refractivity (Wildman–Crippen MR) is 61.4 cm³/mol. The van der Waals surface area contributed by atoms with Gasteiger partial charge in [0.15, 0.2) is 11.4 Å². The van der Waals surface area contributed by atoms with E-state index in [4.69, 9.17) is 19.2 Å². The molecule has 6 nitrogen and oxygen atoms in total. The average Bonchev–Trinajstić information content (AvgIpc) is 2.17. The van der Waals surface area contributed by atoms with Gasteiger partial charge in [0, 0.05) is 17.5 Å². The Bertz CT molecular complexity index is 697. The molecular weight excluding hydrogens is 285 g/mol. The predicted octanol–water partition coefficient (Wildman–Crippen LogP) is 1.45. The van der Waals surface area contributed by atoms with E-state index in [1.165, 1.54) is 6.07 Å². The topological polar surface area (TPSA) is 108 Å². The summed E-state index contributed by atoms with van der Waals surface area (Å²) in [4.78, 5) is 32.5. The fourth-order valence-electron chi connectivity index (χ4n) is 1.34. The SMILES string of the molecule is Cc1cc(=O)oc2c(F)cc(F)cc12.O=P(O)(O)O. The number of aryl methyl sites for hydroxylation is 1. The third-order valence-corrected chi connectivity index (χ3v) is 1.97. The van der Waals surface area contributed by atoms with Gasteiger partial charge in [0.05, 0.1) is 0 Å². The van der Waals surface area contributed by atoms with Crippen molar-refractivity contribution >= 4 is 18.8 Å². The van der Waals surface area contributed by atoms with Crippen molar-refractivity contribution in [3.05, 3.63) is 45.8 Å². The van der Waals surface area contributed by atoms with Crippen LogP contribution in [-0.2, 0) is 4.57 Å². The minimum Gasteiger partial charge on any atom is -0.420 e. The number of hydrogen-bond acceptors (Lipinski definition) is 3. The van der Waals surface area contributed by atoms with Gasteiger partial charge in [-0.1, -0.05) is 0 Å². The highest BCUT2D eigenvalue weighted by Gasteiger charge is 2.09. The summed E-state index contributed by atoms with van der Waals surface area (Å²) in [6.45, 7) is 1.60. The van der Waals surface area contributed by atoms with Crippen LogP contribution in [0.25, 0.3) is 11.0 Å². The normalized spacial score (nSPS) is 11.1. The first-order valence-corrected chi connectivity index (χ1v) is 6.32. The van der Waals surface area contributed by atoms with Gasteiger partial charge in [-0.15, -0.1) is 0 Å². The van der Waals surface area contributed by atoms with Crippen LogP contribution in [0.1, 0.15) is 5.56 Å².